The molecule has 0 aliphatic carbocycles. The molecular formula is C13H17N5O. The van der Waals surface area contributed by atoms with E-state index < -0.39 is 5.91 Å². The molecule has 0 bridgehead atoms. The minimum Gasteiger partial charge on any atom is -0.398 e. The molecule has 0 radical (unpaired) electrons. The van der Waals surface area contributed by atoms with Crippen molar-refractivity contribution in [2.45, 2.75) is 13.5 Å². The number of hydrogen-bond donors (Lipinski definition) is 3. The van der Waals surface area contributed by atoms with Crippen LogP contribution in [-0.2, 0) is 6.54 Å². The Morgan fingerprint density at radius 3 is 2.89 bits per heavy atom. The highest BCUT2D eigenvalue weighted by Crippen LogP contribution is 2.17. The van der Waals surface area contributed by atoms with Gasteiger partial charge in [0.1, 0.15) is 0 Å². The maximum absolute atomic E-state index is 11.2. The van der Waals surface area contributed by atoms with Crippen molar-refractivity contribution in [3.63, 3.8) is 0 Å². The first-order chi connectivity index (χ1) is 9.06. The van der Waals surface area contributed by atoms with Crippen molar-refractivity contribution in [1.29, 1.82) is 0 Å². The number of carbonyl (C=O) groups is 1. The number of benzene rings is 1. The fourth-order valence-corrected chi connectivity index (χ4v) is 1.78. The molecule has 0 atom stereocenters. The van der Waals surface area contributed by atoms with Gasteiger partial charge in [-0.1, -0.05) is 0 Å². The van der Waals surface area contributed by atoms with E-state index in [2.05, 4.69) is 10.4 Å². The second kappa shape index (κ2) is 5.43. The minimum absolute atomic E-state index is 0.333. The van der Waals surface area contributed by atoms with E-state index in [0.717, 1.165) is 17.8 Å². The maximum Gasteiger partial charge on any atom is 0.250 e. The number of aromatic nitrogens is 2. The monoisotopic (exact) mass is 259 g/mol. The molecule has 2 aromatic rings. The van der Waals surface area contributed by atoms with Crippen LogP contribution in [0.15, 0.2) is 30.6 Å². The summed E-state index contributed by atoms with van der Waals surface area (Å²) in [7, 11) is 0. The lowest BCUT2D eigenvalue weighted by molar-refractivity contribution is 0.100. The summed E-state index contributed by atoms with van der Waals surface area (Å²) >= 11 is 0. The Labute approximate surface area is 111 Å². The molecule has 0 fully saturated rings. The molecule has 0 unspecified atom stereocenters. The van der Waals surface area contributed by atoms with Gasteiger partial charge in [0, 0.05) is 24.1 Å². The zero-order valence-corrected chi connectivity index (χ0v) is 10.8. The van der Waals surface area contributed by atoms with E-state index in [1.54, 1.807) is 12.1 Å². The van der Waals surface area contributed by atoms with Gasteiger partial charge in [-0.05, 0) is 30.7 Å². The highest BCUT2D eigenvalue weighted by molar-refractivity contribution is 5.98. The van der Waals surface area contributed by atoms with Gasteiger partial charge in [-0.15, -0.1) is 0 Å². The first-order valence-corrected chi connectivity index (χ1v) is 5.98. The van der Waals surface area contributed by atoms with Gasteiger partial charge in [0.05, 0.1) is 18.3 Å². The van der Waals surface area contributed by atoms with E-state index in [1.165, 1.54) is 0 Å². The van der Waals surface area contributed by atoms with Crippen molar-refractivity contribution >= 4 is 17.3 Å². The van der Waals surface area contributed by atoms with Gasteiger partial charge in [0.15, 0.2) is 0 Å². The summed E-state index contributed by atoms with van der Waals surface area (Å²) in [5, 5.41) is 7.39. The molecule has 5 N–H and O–H groups in total. The number of nitrogens with one attached hydrogen (secondary N) is 1. The molecule has 1 aromatic carbocycles. The maximum atomic E-state index is 11.2. The van der Waals surface area contributed by atoms with Crippen molar-refractivity contribution < 1.29 is 4.79 Å². The molecular weight excluding hydrogens is 242 g/mol. The van der Waals surface area contributed by atoms with Crippen molar-refractivity contribution in [3.8, 4) is 0 Å². The molecule has 100 valence electrons. The lowest BCUT2D eigenvalue weighted by Gasteiger charge is -2.09. The van der Waals surface area contributed by atoms with Crippen LogP contribution < -0.4 is 16.8 Å². The molecule has 0 spiro atoms. The quantitative estimate of drug-likeness (QED) is 0.697. The van der Waals surface area contributed by atoms with Crippen LogP contribution in [0.4, 0.5) is 11.4 Å². The summed E-state index contributed by atoms with van der Waals surface area (Å²) in [6.07, 6.45) is 3.79. The molecule has 6 heteroatoms. The van der Waals surface area contributed by atoms with Crippen molar-refractivity contribution in [3.05, 3.63) is 41.7 Å². The molecule has 6 nitrogen and oxygen atoms in total. The first-order valence-electron chi connectivity index (χ1n) is 5.98. The SMILES string of the molecule is Cc1cnn(CCNc2ccc(N)c(C(N)=O)c2)c1. The van der Waals surface area contributed by atoms with Crippen molar-refractivity contribution in [2.24, 2.45) is 5.73 Å². The topological polar surface area (TPSA) is 99.0 Å². The average molecular weight is 259 g/mol. The Hall–Kier alpha value is -2.50. The number of nitrogen functional groups attached to an aromatic ring is 1. The summed E-state index contributed by atoms with van der Waals surface area (Å²) in [4.78, 5) is 11.2. The molecule has 1 aromatic heterocycles. The minimum atomic E-state index is -0.524. The van der Waals surface area contributed by atoms with E-state index in [-0.39, 0.29) is 0 Å². The normalized spacial score (nSPS) is 10.4. The number of aryl methyl sites for hydroxylation is 1. The van der Waals surface area contributed by atoms with Crippen LogP contribution in [0.3, 0.4) is 0 Å². The molecule has 2 rings (SSSR count). The number of nitrogens with zero attached hydrogens (tertiary/aromatic N) is 2. The molecule has 0 aliphatic rings. The smallest absolute Gasteiger partial charge is 0.250 e. The van der Waals surface area contributed by atoms with E-state index in [9.17, 15) is 4.79 Å². The number of anilines is 2. The van der Waals surface area contributed by atoms with Gasteiger partial charge in [-0.2, -0.15) is 5.10 Å². The van der Waals surface area contributed by atoms with Crippen LogP contribution in [0.2, 0.25) is 0 Å². The second-order valence-electron chi connectivity index (χ2n) is 4.37. The van der Waals surface area contributed by atoms with Gasteiger partial charge >= 0.3 is 0 Å². The molecule has 1 heterocycles. The van der Waals surface area contributed by atoms with Crippen molar-refractivity contribution in [2.75, 3.05) is 17.6 Å². The van der Waals surface area contributed by atoms with Crippen molar-refractivity contribution in [1.82, 2.24) is 9.78 Å². The molecule has 1 amide bonds. The predicted molar refractivity (Wildman–Crippen MR) is 74.8 cm³/mol. The highest BCUT2D eigenvalue weighted by Gasteiger charge is 2.06. The van der Waals surface area contributed by atoms with E-state index >= 15 is 0 Å². The van der Waals surface area contributed by atoms with Crippen LogP contribution in [-0.4, -0.2) is 22.2 Å². The van der Waals surface area contributed by atoms with Crippen LogP contribution >= 0.6 is 0 Å². The third-order valence-electron chi connectivity index (χ3n) is 2.75. The van der Waals surface area contributed by atoms with Crippen LogP contribution in [0, 0.1) is 6.92 Å². The molecule has 19 heavy (non-hydrogen) atoms. The third-order valence-corrected chi connectivity index (χ3v) is 2.75. The van der Waals surface area contributed by atoms with Gasteiger partial charge < -0.3 is 16.8 Å². The number of amides is 1. The van der Waals surface area contributed by atoms with E-state index in [0.29, 0.717) is 17.8 Å². The lowest BCUT2D eigenvalue weighted by Crippen LogP contribution is -2.15. The summed E-state index contributed by atoms with van der Waals surface area (Å²) in [5.41, 5.74) is 13.6. The van der Waals surface area contributed by atoms with Gasteiger partial charge in [-0.25, -0.2) is 0 Å². The standard InChI is InChI=1S/C13H17N5O/c1-9-7-17-18(8-9)5-4-16-10-2-3-12(14)11(6-10)13(15)19/h2-3,6-8,16H,4-5,14H2,1H3,(H2,15,19). The fourth-order valence-electron chi connectivity index (χ4n) is 1.78. The van der Waals surface area contributed by atoms with Gasteiger partial charge in [0.25, 0.3) is 5.91 Å². The van der Waals surface area contributed by atoms with E-state index in [1.807, 2.05) is 30.1 Å². The molecule has 0 saturated heterocycles. The average Bonchev–Trinajstić information content (AvgIpc) is 2.77. The summed E-state index contributed by atoms with van der Waals surface area (Å²) in [6, 6.07) is 5.14. The Balaban J connectivity index is 1.96. The first kappa shape index (κ1) is 12.9. The number of rotatable bonds is 5. The number of nitrogens with two attached hydrogens (primary N) is 2. The fraction of sp³-hybridized carbons (Fsp3) is 0.231. The summed E-state index contributed by atoms with van der Waals surface area (Å²) in [6.45, 7) is 3.43. The third kappa shape index (κ3) is 3.25. The second-order valence-corrected chi connectivity index (χ2v) is 4.37. The van der Waals surface area contributed by atoms with Gasteiger partial charge in [0.2, 0.25) is 0 Å². The Kier molecular flexibility index (Phi) is 3.70. The Morgan fingerprint density at radius 1 is 1.47 bits per heavy atom. The highest BCUT2D eigenvalue weighted by atomic mass is 16.1. The number of hydrogen-bond acceptors (Lipinski definition) is 4. The number of primary amides is 1. The predicted octanol–water partition coefficient (Wildman–Crippen LogP) is 0.985. The zero-order chi connectivity index (χ0) is 13.8. The van der Waals surface area contributed by atoms with Crippen LogP contribution in [0.1, 0.15) is 15.9 Å². The molecule has 0 aliphatic heterocycles. The summed E-state index contributed by atoms with van der Waals surface area (Å²) in [5.74, 6) is -0.524. The lowest BCUT2D eigenvalue weighted by atomic mass is 10.1. The largest absolute Gasteiger partial charge is 0.398 e. The molecule has 0 saturated carbocycles. The van der Waals surface area contributed by atoms with Gasteiger partial charge in [-0.3, -0.25) is 9.48 Å². The van der Waals surface area contributed by atoms with E-state index in [4.69, 9.17) is 11.5 Å². The number of carbonyl (C=O) groups excluding carboxylic acids is 1. The summed E-state index contributed by atoms with van der Waals surface area (Å²) < 4.78 is 1.86. The zero-order valence-electron chi connectivity index (χ0n) is 10.8. The van der Waals surface area contributed by atoms with Crippen LogP contribution in [0.25, 0.3) is 0 Å². The Morgan fingerprint density at radius 2 is 2.26 bits per heavy atom. The Bertz CT molecular complexity index is 590. The van der Waals surface area contributed by atoms with Crippen LogP contribution in [0.5, 0.6) is 0 Å².